The maximum atomic E-state index is 13.6. The van der Waals surface area contributed by atoms with Crippen LogP contribution in [0.2, 0.25) is 0 Å². The van der Waals surface area contributed by atoms with Crippen molar-refractivity contribution in [2.45, 2.75) is 19.8 Å². The fraction of sp³-hybridized carbons (Fsp3) is 0.188. The number of hydrogen-bond acceptors (Lipinski definition) is 5. The van der Waals surface area contributed by atoms with Crippen LogP contribution in [0, 0.1) is 6.92 Å². The number of carbonyl (C=O) groups is 1. The molecule has 0 amide bonds. The SMILES string of the molecule is Cc1ccc(-c2cc(C(=O)O)cc(N(N)/C(=N\N)C(C)(F)F)c2)nc1. The molecular weight excluding hydrogens is 332 g/mol. The van der Waals surface area contributed by atoms with E-state index in [1.54, 1.807) is 18.3 Å². The Morgan fingerprint density at radius 2 is 2.00 bits per heavy atom. The van der Waals surface area contributed by atoms with Crippen molar-refractivity contribution in [1.29, 1.82) is 0 Å². The third kappa shape index (κ3) is 4.07. The molecule has 0 saturated heterocycles. The summed E-state index contributed by atoms with van der Waals surface area (Å²) in [6.45, 7) is 2.44. The van der Waals surface area contributed by atoms with E-state index >= 15 is 0 Å². The topological polar surface area (TPSA) is 118 Å². The van der Waals surface area contributed by atoms with Crippen LogP contribution in [0.1, 0.15) is 22.8 Å². The molecule has 1 aromatic carbocycles. The number of nitrogens with zero attached hydrogens (tertiary/aromatic N) is 3. The number of carboxylic acid groups (broad SMARTS) is 1. The predicted molar refractivity (Wildman–Crippen MR) is 90.3 cm³/mol. The van der Waals surface area contributed by atoms with Crippen LogP contribution in [-0.4, -0.2) is 27.8 Å². The van der Waals surface area contributed by atoms with Gasteiger partial charge in [0.2, 0.25) is 5.84 Å². The summed E-state index contributed by atoms with van der Waals surface area (Å²) in [7, 11) is 0. The molecule has 7 nitrogen and oxygen atoms in total. The molecular formula is C16H17F2N5O2. The monoisotopic (exact) mass is 349 g/mol. The standard InChI is InChI=1S/C16H17F2N5O2/c1-9-3-4-13(21-8-9)10-5-11(14(24)25)7-12(6-10)23(20)15(22-19)16(2,17)18/h3-8H,19-20H2,1-2H3,(H,24,25)/b22-15-. The molecule has 1 heterocycles. The molecule has 0 aliphatic heterocycles. The summed E-state index contributed by atoms with van der Waals surface area (Å²) in [5, 5.41) is 12.9. The molecule has 0 unspecified atom stereocenters. The number of nitrogens with two attached hydrogens (primary N) is 2. The van der Waals surface area contributed by atoms with Gasteiger partial charge >= 0.3 is 11.9 Å². The van der Waals surface area contributed by atoms with Crippen molar-refractivity contribution in [2.75, 3.05) is 5.01 Å². The molecule has 5 N–H and O–H groups in total. The highest BCUT2D eigenvalue weighted by Gasteiger charge is 2.34. The van der Waals surface area contributed by atoms with Crippen LogP contribution in [0.4, 0.5) is 14.5 Å². The second-order valence-electron chi connectivity index (χ2n) is 5.51. The van der Waals surface area contributed by atoms with E-state index in [1.165, 1.54) is 12.1 Å². The van der Waals surface area contributed by atoms with E-state index in [-0.39, 0.29) is 11.3 Å². The number of aromatic nitrogens is 1. The Bertz CT molecular complexity index is 816. The van der Waals surface area contributed by atoms with Crippen LogP contribution in [-0.2, 0) is 0 Å². The molecule has 0 saturated carbocycles. The van der Waals surface area contributed by atoms with Gasteiger partial charge in [-0.05, 0) is 36.8 Å². The highest BCUT2D eigenvalue weighted by Crippen LogP contribution is 2.27. The largest absolute Gasteiger partial charge is 0.478 e. The smallest absolute Gasteiger partial charge is 0.335 e. The molecule has 132 valence electrons. The van der Waals surface area contributed by atoms with Gasteiger partial charge in [0.1, 0.15) is 0 Å². The second-order valence-corrected chi connectivity index (χ2v) is 5.51. The minimum Gasteiger partial charge on any atom is -0.478 e. The average molecular weight is 349 g/mol. The van der Waals surface area contributed by atoms with Gasteiger partial charge in [0.05, 0.1) is 16.9 Å². The number of hydrogen-bond donors (Lipinski definition) is 3. The molecule has 0 radical (unpaired) electrons. The maximum absolute atomic E-state index is 13.6. The number of benzene rings is 1. The highest BCUT2D eigenvalue weighted by atomic mass is 19.3. The molecule has 0 atom stereocenters. The first-order valence-corrected chi connectivity index (χ1v) is 7.16. The van der Waals surface area contributed by atoms with E-state index < -0.39 is 17.7 Å². The summed E-state index contributed by atoms with van der Waals surface area (Å²) in [5.74, 6) is 5.17. The summed E-state index contributed by atoms with van der Waals surface area (Å²) in [6, 6.07) is 7.44. The van der Waals surface area contributed by atoms with Gasteiger partial charge in [-0.15, -0.1) is 0 Å². The Morgan fingerprint density at radius 3 is 2.48 bits per heavy atom. The van der Waals surface area contributed by atoms with Crippen LogP contribution in [0.3, 0.4) is 0 Å². The molecule has 1 aromatic heterocycles. The van der Waals surface area contributed by atoms with Crippen molar-refractivity contribution in [3.05, 3.63) is 47.7 Å². The molecule has 0 bridgehead atoms. The number of anilines is 1. The highest BCUT2D eigenvalue weighted by molar-refractivity contribution is 6.02. The number of pyridine rings is 1. The van der Waals surface area contributed by atoms with Gasteiger partial charge in [-0.2, -0.15) is 13.9 Å². The average Bonchev–Trinajstić information content (AvgIpc) is 2.54. The number of halogens is 2. The summed E-state index contributed by atoms with van der Waals surface area (Å²) >= 11 is 0. The van der Waals surface area contributed by atoms with Crippen molar-refractivity contribution in [3.63, 3.8) is 0 Å². The fourth-order valence-electron chi connectivity index (χ4n) is 2.17. The molecule has 25 heavy (non-hydrogen) atoms. The Kier molecular flexibility index (Phi) is 4.98. The normalized spacial score (nSPS) is 12.1. The third-order valence-corrected chi connectivity index (χ3v) is 3.39. The van der Waals surface area contributed by atoms with Gasteiger partial charge in [-0.3, -0.25) is 9.99 Å². The van der Waals surface area contributed by atoms with Gasteiger partial charge in [0, 0.05) is 18.7 Å². The summed E-state index contributed by atoms with van der Waals surface area (Å²) in [4.78, 5) is 15.6. The van der Waals surface area contributed by atoms with Crippen LogP contribution < -0.4 is 16.7 Å². The molecule has 0 aliphatic rings. The van der Waals surface area contributed by atoms with Crippen LogP contribution >= 0.6 is 0 Å². The number of hydrazine groups is 1. The van der Waals surface area contributed by atoms with Crippen molar-refractivity contribution in [1.82, 2.24) is 4.98 Å². The zero-order chi connectivity index (χ0) is 18.8. The van der Waals surface area contributed by atoms with Gasteiger partial charge in [0.15, 0.2) is 0 Å². The first-order chi connectivity index (χ1) is 11.6. The van der Waals surface area contributed by atoms with E-state index in [2.05, 4.69) is 10.1 Å². The van der Waals surface area contributed by atoms with Crippen molar-refractivity contribution >= 4 is 17.5 Å². The van der Waals surface area contributed by atoms with E-state index in [9.17, 15) is 18.7 Å². The minimum absolute atomic E-state index is 0.0111. The Morgan fingerprint density at radius 1 is 1.32 bits per heavy atom. The van der Waals surface area contributed by atoms with Gasteiger partial charge < -0.3 is 10.9 Å². The number of carboxylic acids is 1. The van der Waals surface area contributed by atoms with E-state index in [0.717, 1.165) is 11.6 Å². The third-order valence-electron chi connectivity index (χ3n) is 3.39. The summed E-state index contributed by atoms with van der Waals surface area (Å²) in [5.41, 5.74) is 1.64. The van der Waals surface area contributed by atoms with Crippen LogP contribution in [0.25, 0.3) is 11.3 Å². The zero-order valence-electron chi connectivity index (χ0n) is 13.6. The maximum Gasteiger partial charge on any atom is 0.335 e. The van der Waals surface area contributed by atoms with Gasteiger partial charge in [0.25, 0.3) is 0 Å². The Labute approximate surface area is 142 Å². The molecule has 0 spiro atoms. The summed E-state index contributed by atoms with van der Waals surface area (Å²) in [6.07, 6.45) is 1.61. The van der Waals surface area contributed by atoms with E-state index in [4.69, 9.17) is 11.7 Å². The van der Waals surface area contributed by atoms with Crippen molar-refractivity contribution in [2.24, 2.45) is 16.8 Å². The Hall–Kier alpha value is -3.07. The Balaban J connectivity index is 2.58. The molecule has 2 aromatic rings. The van der Waals surface area contributed by atoms with Gasteiger partial charge in [-0.1, -0.05) is 6.07 Å². The minimum atomic E-state index is -3.41. The quantitative estimate of drug-likeness (QED) is 0.337. The summed E-state index contributed by atoms with van der Waals surface area (Å²) < 4.78 is 27.2. The lowest BCUT2D eigenvalue weighted by Crippen LogP contribution is -2.47. The van der Waals surface area contributed by atoms with Crippen LogP contribution in [0.15, 0.2) is 41.6 Å². The molecule has 0 aliphatic carbocycles. The van der Waals surface area contributed by atoms with Gasteiger partial charge in [-0.25, -0.2) is 10.6 Å². The van der Waals surface area contributed by atoms with E-state index in [1.807, 2.05) is 6.92 Å². The number of aromatic carboxylic acids is 1. The number of hydrazone groups is 1. The molecule has 2 rings (SSSR count). The second kappa shape index (κ2) is 6.81. The number of aryl methyl sites for hydroxylation is 1. The lowest BCUT2D eigenvalue weighted by atomic mass is 10.0. The van der Waals surface area contributed by atoms with E-state index in [0.29, 0.717) is 23.2 Å². The number of amidine groups is 1. The first-order valence-electron chi connectivity index (χ1n) is 7.16. The number of rotatable bonds is 4. The predicted octanol–water partition coefficient (Wildman–Crippen LogP) is 2.36. The zero-order valence-corrected chi connectivity index (χ0v) is 13.6. The number of alkyl halides is 2. The lowest BCUT2D eigenvalue weighted by Gasteiger charge is -2.24. The molecule has 0 fully saturated rings. The van der Waals surface area contributed by atoms with Crippen molar-refractivity contribution < 1.29 is 18.7 Å². The van der Waals surface area contributed by atoms with Crippen molar-refractivity contribution in [3.8, 4) is 11.3 Å². The van der Waals surface area contributed by atoms with Crippen LogP contribution in [0.5, 0.6) is 0 Å². The lowest BCUT2D eigenvalue weighted by molar-refractivity contribution is 0.0697. The molecule has 9 heteroatoms. The fourth-order valence-corrected chi connectivity index (χ4v) is 2.17. The first kappa shape index (κ1) is 18.3.